The molecule has 1 N–H and O–H groups in total. The lowest BCUT2D eigenvalue weighted by Gasteiger charge is -2.10. The molecule has 138 valence electrons. The monoisotopic (exact) mass is 380 g/mol. The summed E-state index contributed by atoms with van der Waals surface area (Å²) in [5, 5.41) is 11.8. The lowest BCUT2D eigenvalue weighted by atomic mass is 10.1. The van der Waals surface area contributed by atoms with Gasteiger partial charge < -0.3 is 5.32 Å². The van der Waals surface area contributed by atoms with Gasteiger partial charge in [-0.2, -0.15) is 0 Å². The summed E-state index contributed by atoms with van der Waals surface area (Å²) in [7, 11) is 0. The first-order valence-electron chi connectivity index (χ1n) is 8.47. The number of benzene rings is 2. The molecule has 0 radical (unpaired) electrons. The molecule has 1 heterocycles. The molecule has 0 atom stereocenters. The van der Waals surface area contributed by atoms with Gasteiger partial charge in [-0.1, -0.05) is 36.0 Å². The summed E-state index contributed by atoms with van der Waals surface area (Å²) < 4.78 is 1.93. The van der Waals surface area contributed by atoms with E-state index in [0.29, 0.717) is 16.4 Å². The summed E-state index contributed by atoms with van der Waals surface area (Å²) in [5.74, 6) is 0.625. The molecule has 0 saturated carbocycles. The summed E-state index contributed by atoms with van der Waals surface area (Å²) in [6.45, 7) is 5.38. The Morgan fingerprint density at radius 3 is 2.59 bits per heavy atom. The first-order valence-corrected chi connectivity index (χ1v) is 9.46. The van der Waals surface area contributed by atoms with Gasteiger partial charge in [0.1, 0.15) is 5.82 Å². The van der Waals surface area contributed by atoms with E-state index in [1.165, 1.54) is 18.7 Å². The van der Waals surface area contributed by atoms with Crippen LogP contribution in [0.25, 0.3) is 5.69 Å². The number of carbonyl (C=O) groups is 2. The van der Waals surface area contributed by atoms with E-state index in [1.807, 2.05) is 42.7 Å². The van der Waals surface area contributed by atoms with Crippen molar-refractivity contribution in [3.05, 3.63) is 65.5 Å². The lowest BCUT2D eigenvalue weighted by Crippen LogP contribution is -2.16. The minimum Gasteiger partial charge on any atom is -0.325 e. The highest BCUT2D eigenvalue weighted by molar-refractivity contribution is 7.99. The molecule has 2 aromatic carbocycles. The number of para-hydroxylation sites is 1. The largest absolute Gasteiger partial charge is 0.325 e. The van der Waals surface area contributed by atoms with Crippen LogP contribution in [0.4, 0.5) is 5.69 Å². The number of hydrogen-bond donors (Lipinski definition) is 1. The molecule has 0 saturated heterocycles. The third-order valence-electron chi connectivity index (χ3n) is 3.97. The number of amides is 1. The number of anilines is 1. The predicted octanol–water partition coefficient (Wildman–Crippen LogP) is 3.82. The van der Waals surface area contributed by atoms with E-state index in [-0.39, 0.29) is 17.4 Å². The van der Waals surface area contributed by atoms with Crippen molar-refractivity contribution >= 4 is 29.1 Å². The minimum atomic E-state index is -0.204. The molecule has 3 aromatic rings. The van der Waals surface area contributed by atoms with Crippen LogP contribution in [0.3, 0.4) is 0 Å². The van der Waals surface area contributed by atoms with Gasteiger partial charge in [-0.15, -0.1) is 10.2 Å². The average molecular weight is 380 g/mol. The zero-order chi connectivity index (χ0) is 19.4. The normalized spacial score (nSPS) is 10.6. The third kappa shape index (κ3) is 4.43. The molecule has 0 unspecified atom stereocenters. The van der Waals surface area contributed by atoms with Gasteiger partial charge in [-0.3, -0.25) is 14.2 Å². The zero-order valence-electron chi connectivity index (χ0n) is 15.4. The lowest BCUT2D eigenvalue weighted by molar-refractivity contribution is -0.113. The second-order valence-electron chi connectivity index (χ2n) is 6.14. The van der Waals surface area contributed by atoms with Gasteiger partial charge in [0.05, 0.1) is 11.4 Å². The summed E-state index contributed by atoms with van der Waals surface area (Å²) in [6.07, 6.45) is 0. The summed E-state index contributed by atoms with van der Waals surface area (Å²) in [4.78, 5) is 24.0. The summed E-state index contributed by atoms with van der Waals surface area (Å²) in [6, 6.07) is 15.0. The topological polar surface area (TPSA) is 76.9 Å². The SMILES string of the molecule is CC(=O)c1ccccc1NC(=O)CSc1nnc(C)n1-c1cccc(C)c1. The number of thioether (sulfide) groups is 1. The molecule has 6 nitrogen and oxygen atoms in total. The van der Waals surface area contributed by atoms with Crippen LogP contribution in [0.15, 0.2) is 53.7 Å². The molecule has 3 rings (SSSR count). The minimum absolute atomic E-state index is 0.0895. The fourth-order valence-electron chi connectivity index (χ4n) is 2.72. The standard InChI is InChI=1S/C20H20N4O2S/c1-13-7-6-8-16(11-13)24-15(3)22-23-20(24)27-12-19(26)21-18-10-5-4-9-17(18)14(2)25/h4-11H,12H2,1-3H3,(H,21,26). The number of aryl methyl sites for hydroxylation is 2. The van der Waals surface area contributed by atoms with E-state index in [0.717, 1.165) is 17.1 Å². The van der Waals surface area contributed by atoms with E-state index in [1.54, 1.807) is 24.3 Å². The number of rotatable bonds is 6. The first-order chi connectivity index (χ1) is 13.0. The zero-order valence-corrected chi connectivity index (χ0v) is 16.2. The molecular weight excluding hydrogens is 360 g/mol. The van der Waals surface area contributed by atoms with Crippen LogP contribution < -0.4 is 5.32 Å². The van der Waals surface area contributed by atoms with E-state index in [2.05, 4.69) is 15.5 Å². The predicted molar refractivity (Wildman–Crippen MR) is 107 cm³/mol. The highest BCUT2D eigenvalue weighted by Crippen LogP contribution is 2.23. The Labute approximate surface area is 162 Å². The van der Waals surface area contributed by atoms with E-state index in [4.69, 9.17) is 0 Å². The molecule has 1 amide bonds. The van der Waals surface area contributed by atoms with E-state index in [9.17, 15) is 9.59 Å². The Hall–Kier alpha value is -2.93. The molecule has 7 heteroatoms. The smallest absolute Gasteiger partial charge is 0.234 e. The van der Waals surface area contributed by atoms with Crippen LogP contribution in [0, 0.1) is 13.8 Å². The van der Waals surface area contributed by atoms with Crippen molar-refractivity contribution in [2.45, 2.75) is 25.9 Å². The van der Waals surface area contributed by atoms with Crippen LogP contribution in [0.1, 0.15) is 28.7 Å². The Morgan fingerprint density at radius 1 is 1.07 bits per heavy atom. The first kappa shape index (κ1) is 18.8. The summed E-state index contributed by atoms with van der Waals surface area (Å²) in [5.41, 5.74) is 3.11. The van der Waals surface area contributed by atoms with Gasteiger partial charge in [-0.25, -0.2) is 0 Å². The number of nitrogens with zero attached hydrogens (tertiary/aromatic N) is 3. The Balaban J connectivity index is 1.73. The van der Waals surface area contributed by atoms with Crippen molar-refractivity contribution in [3.63, 3.8) is 0 Å². The van der Waals surface area contributed by atoms with Crippen molar-refractivity contribution in [1.29, 1.82) is 0 Å². The van der Waals surface area contributed by atoms with Gasteiger partial charge in [0.15, 0.2) is 10.9 Å². The fourth-order valence-corrected chi connectivity index (χ4v) is 3.51. The second kappa shape index (κ2) is 8.18. The fraction of sp³-hybridized carbons (Fsp3) is 0.200. The molecule has 0 spiro atoms. The number of aromatic nitrogens is 3. The molecule has 0 aliphatic carbocycles. The number of Topliss-reactive ketones (excluding diaryl/α,β-unsaturated/α-hetero) is 1. The van der Waals surface area contributed by atoms with Crippen molar-refractivity contribution in [2.75, 3.05) is 11.1 Å². The average Bonchev–Trinajstić information content (AvgIpc) is 3.01. The molecule has 1 aromatic heterocycles. The van der Waals surface area contributed by atoms with E-state index < -0.39 is 0 Å². The Morgan fingerprint density at radius 2 is 1.85 bits per heavy atom. The highest BCUT2D eigenvalue weighted by atomic mass is 32.2. The van der Waals surface area contributed by atoms with Crippen LogP contribution >= 0.6 is 11.8 Å². The number of ketones is 1. The maximum Gasteiger partial charge on any atom is 0.234 e. The molecule has 0 fully saturated rings. The van der Waals surface area contributed by atoms with Crippen molar-refractivity contribution in [3.8, 4) is 5.69 Å². The van der Waals surface area contributed by atoms with Gasteiger partial charge in [-0.05, 0) is 50.6 Å². The van der Waals surface area contributed by atoms with Crippen LogP contribution in [0.2, 0.25) is 0 Å². The molecule has 0 bridgehead atoms. The number of hydrogen-bond acceptors (Lipinski definition) is 5. The van der Waals surface area contributed by atoms with Crippen molar-refractivity contribution in [2.24, 2.45) is 0 Å². The van der Waals surface area contributed by atoms with Gasteiger partial charge in [0.2, 0.25) is 5.91 Å². The highest BCUT2D eigenvalue weighted by Gasteiger charge is 2.15. The van der Waals surface area contributed by atoms with Gasteiger partial charge >= 0.3 is 0 Å². The summed E-state index contributed by atoms with van der Waals surface area (Å²) >= 11 is 1.30. The van der Waals surface area contributed by atoms with Gasteiger partial charge in [0.25, 0.3) is 0 Å². The van der Waals surface area contributed by atoms with Crippen molar-refractivity contribution < 1.29 is 9.59 Å². The molecule has 0 aliphatic heterocycles. The van der Waals surface area contributed by atoms with Crippen LogP contribution in [0.5, 0.6) is 0 Å². The number of nitrogens with one attached hydrogen (secondary N) is 1. The molecule has 27 heavy (non-hydrogen) atoms. The van der Waals surface area contributed by atoms with E-state index >= 15 is 0 Å². The number of carbonyl (C=O) groups excluding carboxylic acids is 2. The quantitative estimate of drug-likeness (QED) is 0.520. The van der Waals surface area contributed by atoms with Crippen molar-refractivity contribution in [1.82, 2.24) is 14.8 Å². The molecule has 0 aliphatic rings. The molecular formula is C20H20N4O2S. The van der Waals surface area contributed by atoms with Gasteiger partial charge in [0, 0.05) is 11.3 Å². The maximum atomic E-state index is 12.4. The van der Waals surface area contributed by atoms with Crippen LogP contribution in [-0.2, 0) is 4.79 Å². The van der Waals surface area contributed by atoms with Crippen LogP contribution in [-0.4, -0.2) is 32.2 Å². The second-order valence-corrected chi connectivity index (χ2v) is 7.09. The Bertz CT molecular complexity index is 997. The Kier molecular flexibility index (Phi) is 5.71. The maximum absolute atomic E-state index is 12.4. The third-order valence-corrected chi connectivity index (χ3v) is 4.90.